The van der Waals surface area contributed by atoms with E-state index in [2.05, 4.69) is 60.8 Å². The van der Waals surface area contributed by atoms with Gasteiger partial charge in [0, 0.05) is 6.54 Å². The van der Waals surface area contributed by atoms with Gasteiger partial charge < -0.3 is 5.32 Å². The van der Waals surface area contributed by atoms with Crippen molar-refractivity contribution < 1.29 is 0 Å². The van der Waals surface area contributed by atoms with Crippen LogP contribution in [0, 0.1) is 0 Å². The smallest absolute Gasteiger partial charge is 0.0202 e. The first-order valence-corrected chi connectivity index (χ1v) is 6.62. The highest BCUT2D eigenvalue weighted by Crippen LogP contribution is 2.12. The zero-order valence-electron chi connectivity index (χ0n) is 11.2. The van der Waals surface area contributed by atoms with Crippen LogP contribution in [0.5, 0.6) is 0 Å². The third kappa shape index (κ3) is 3.44. The molecule has 0 atom stereocenters. The van der Waals surface area contributed by atoms with Gasteiger partial charge in [0.25, 0.3) is 0 Å². The van der Waals surface area contributed by atoms with E-state index in [-0.39, 0.29) is 0 Å². The number of nitrogens with one attached hydrogen (secondary N) is 1. The highest BCUT2D eigenvalue weighted by Gasteiger charge is 1.97. The van der Waals surface area contributed by atoms with E-state index in [1.165, 1.54) is 22.3 Å². The van der Waals surface area contributed by atoms with E-state index in [9.17, 15) is 0 Å². The first-order chi connectivity index (χ1) is 8.81. The molecule has 2 rings (SSSR count). The quantitative estimate of drug-likeness (QED) is 0.841. The van der Waals surface area contributed by atoms with Gasteiger partial charge in [-0.05, 0) is 42.1 Å². The summed E-state index contributed by atoms with van der Waals surface area (Å²) in [7, 11) is 1.98. The second-order valence-corrected chi connectivity index (χ2v) is 4.69. The summed E-state index contributed by atoms with van der Waals surface area (Å²) in [4.78, 5) is 0. The molecule has 0 fully saturated rings. The van der Waals surface area contributed by atoms with Crippen LogP contribution in [0.4, 0.5) is 0 Å². The predicted octanol–water partition coefficient (Wildman–Crippen LogP) is 3.56. The number of benzene rings is 2. The molecule has 1 N–H and O–H groups in total. The van der Waals surface area contributed by atoms with E-state index in [1.54, 1.807) is 0 Å². The van der Waals surface area contributed by atoms with Crippen molar-refractivity contribution in [3.05, 3.63) is 70.8 Å². The summed E-state index contributed by atoms with van der Waals surface area (Å²) in [5.74, 6) is 0. The molecular formula is C17H21N. The fourth-order valence-corrected chi connectivity index (χ4v) is 2.11. The van der Waals surface area contributed by atoms with E-state index >= 15 is 0 Å². The molecule has 0 spiro atoms. The lowest BCUT2D eigenvalue weighted by Crippen LogP contribution is -2.04. The van der Waals surface area contributed by atoms with E-state index < -0.39 is 0 Å². The number of hydrogen-bond donors (Lipinski definition) is 1. The maximum atomic E-state index is 3.17. The average molecular weight is 239 g/mol. The van der Waals surface area contributed by atoms with Crippen molar-refractivity contribution in [3.63, 3.8) is 0 Å². The lowest BCUT2D eigenvalue weighted by Gasteiger charge is -2.05. The maximum absolute atomic E-state index is 3.17. The summed E-state index contributed by atoms with van der Waals surface area (Å²) in [5, 5.41) is 3.17. The molecular weight excluding hydrogens is 218 g/mol. The van der Waals surface area contributed by atoms with Gasteiger partial charge in [0.15, 0.2) is 0 Å². The molecule has 0 heterocycles. The molecule has 1 heteroatoms. The van der Waals surface area contributed by atoms with Gasteiger partial charge >= 0.3 is 0 Å². The van der Waals surface area contributed by atoms with Gasteiger partial charge in [-0.1, -0.05) is 55.5 Å². The van der Waals surface area contributed by atoms with Crippen LogP contribution in [0.25, 0.3) is 0 Å². The number of rotatable bonds is 5. The van der Waals surface area contributed by atoms with Crippen LogP contribution in [0.1, 0.15) is 29.2 Å². The third-order valence-electron chi connectivity index (χ3n) is 3.24. The molecule has 94 valence electrons. The SMILES string of the molecule is CCc1ccc(Cc2ccc(CNC)cc2)cc1. The molecule has 2 aromatic carbocycles. The fraction of sp³-hybridized carbons (Fsp3) is 0.294. The Kier molecular flexibility index (Phi) is 4.54. The molecule has 0 aliphatic heterocycles. The molecule has 1 nitrogen and oxygen atoms in total. The lowest BCUT2D eigenvalue weighted by atomic mass is 10.0. The number of aryl methyl sites for hydroxylation is 1. The Labute approximate surface area is 110 Å². The molecule has 0 unspecified atom stereocenters. The fourth-order valence-electron chi connectivity index (χ4n) is 2.11. The molecule has 0 radical (unpaired) electrons. The van der Waals surface area contributed by atoms with Gasteiger partial charge in [-0.2, -0.15) is 0 Å². The van der Waals surface area contributed by atoms with Gasteiger partial charge in [0.05, 0.1) is 0 Å². The maximum Gasteiger partial charge on any atom is 0.0202 e. The summed E-state index contributed by atoms with van der Waals surface area (Å²) in [6, 6.07) is 17.8. The molecule has 0 aromatic heterocycles. The zero-order valence-corrected chi connectivity index (χ0v) is 11.2. The van der Waals surface area contributed by atoms with Crippen LogP contribution in [0.3, 0.4) is 0 Å². The molecule has 0 aliphatic rings. The van der Waals surface area contributed by atoms with E-state index in [4.69, 9.17) is 0 Å². The molecule has 0 amide bonds. The molecule has 0 saturated carbocycles. The predicted molar refractivity (Wildman–Crippen MR) is 77.8 cm³/mol. The first-order valence-electron chi connectivity index (χ1n) is 6.62. The number of hydrogen-bond acceptors (Lipinski definition) is 1. The summed E-state index contributed by atoms with van der Waals surface area (Å²) in [5.41, 5.74) is 5.50. The molecule has 0 saturated heterocycles. The van der Waals surface area contributed by atoms with E-state index in [0.717, 1.165) is 19.4 Å². The monoisotopic (exact) mass is 239 g/mol. The molecule has 0 bridgehead atoms. The van der Waals surface area contributed by atoms with Crippen molar-refractivity contribution in [3.8, 4) is 0 Å². The second-order valence-electron chi connectivity index (χ2n) is 4.69. The lowest BCUT2D eigenvalue weighted by molar-refractivity contribution is 0.817. The molecule has 18 heavy (non-hydrogen) atoms. The minimum atomic E-state index is 0.936. The summed E-state index contributed by atoms with van der Waals surface area (Å²) in [6.07, 6.45) is 2.13. The van der Waals surface area contributed by atoms with Crippen molar-refractivity contribution in [2.75, 3.05) is 7.05 Å². The standard InChI is InChI=1S/C17H21N/c1-3-14-4-6-15(7-5-14)12-16-8-10-17(11-9-16)13-18-2/h4-11,18H,3,12-13H2,1-2H3. The highest BCUT2D eigenvalue weighted by atomic mass is 14.8. The van der Waals surface area contributed by atoms with Crippen molar-refractivity contribution >= 4 is 0 Å². The summed E-state index contributed by atoms with van der Waals surface area (Å²) >= 11 is 0. The van der Waals surface area contributed by atoms with Crippen LogP contribution < -0.4 is 5.32 Å². The average Bonchev–Trinajstić information content (AvgIpc) is 2.42. The van der Waals surface area contributed by atoms with Crippen molar-refractivity contribution in [1.29, 1.82) is 0 Å². The van der Waals surface area contributed by atoms with Gasteiger partial charge in [-0.3, -0.25) is 0 Å². The highest BCUT2D eigenvalue weighted by molar-refractivity contribution is 5.30. The summed E-state index contributed by atoms with van der Waals surface area (Å²) < 4.78 is 0. The Morgan fingerprint density at radius 1 is 0.722 bits per heavy atom. The van der Waals surface area contributed by atoms with Crippen molar-refractivity contribution in [1.82, 2.24) is 5.32 Å². The van der Waals surface area contributed by atoms with Crippen molar-refractivity contribution in [2.24, 2.45) is 0 Å². The minimum absolute atomic E-state index is 0.936. The Morgan fingerprint density at radius 2 is 1.17 bits per heavy atom. The van der Waals surface area contributed by atoms with E-state index in [1.807, 2.05) is 7.05 Å². The van der Waals surface area contributed by atoms with E-state index in [0.29, 0.717) is 0 Å². The normalized spacial score (nSPS) is 10.6. The Bertz CT molecular complexity index is 468. The van der Waals surface area contributed by atoms with Crippen LogP contribution in [-0.2, 0) is 19.4 Å². The topological polar surface area (TPSA) is 12.0 Å². The molecule has 2 aromatic rings. The molecule has 0 aliphatic carbocycles. The van der Waals surface area contributed by atoms with Gasteiger partial charge in [0.2, 0.25) is 0 Å². The zero-order chi connectivity index (χ0) is 12.8. The summed E-state index contributed by atoms with van der Waals surface area (Å²) in [6.45, 7) is 3.13. The van der Waals surface area contributed by atoms with Crippen LogP contribution >= 0.6 is 0 Å². The van der Waals surface area contributed by atoms with Crippen LogP contribution in [0.2, 0.25) is 0 Å². The second kappa shape index (κ2) is 6.36. The minimum Gasteiger partial charge on any atom is -0.316 e. The Hall–Kier alpha value is -1.60. The Morgan fingerprint density at radius 3 is 1.61 bits per heavy atom. The van der Waals surface area contributed by atoms with Crippen LogP contribution in [-0.4, -0.2) is 7.05 Å². The van der Waals surface area contributed by atoms with Crippen molar-refractivity contribution in [2.45, 2.75) is 26.3 Å². The third-order valence-corrected chi connectivity index (χ3v) is 3.24. The van der Waals surface area contributed by atoms with Gasteiger partial charge in [-0.25, -0.2) is 0 Å². The Balaban J connectivity index is 2.03. The largest absolute Gasteiger partial charge is 0.316 e. The van der Waals surface area contributed by atoms with Gasteiger partial charge in [0.1, 0.15) is 0 Å². The van der Waals surface area contributed by atoms with Crippen LogP contribution in [0.15, 0.2) is 48.5 Å². The van der Waals surface area contributed by atoms with Gasteiger partial charge in [-0.15, -0.1) is 0 Å². The first kappa shape index (κ1) is 12.8.